The highest BCUT2D eigenvalue weighted by molar-refractivity contribution is 5.97. The quantitative estimate of drug-likeness (QED) is 0.283. The topological polar surface area (TPSA) is 116 Å². The molecule has 2 aromatic carbocycles. The lowest BCUT2D eigenvalue weighted by Gasteiger charge is -2.21. The molecule has 150 valence electrons. The van der Waals surface area contributed by atoms with E-state index < -0.39 is 10.9 Å². The largest absolute Gasteiger partial charge is 0.465 e. The Morgan fingerprint density at radius 3 is 2.60 bits per heavy atom. The fourth-order valence-electron chi connectivity index (χ4n) is 3.24. The summed E-state index contributed by atoms with van der Waals surface area (Å²) < 4.78 is 6.37. The molecule has 0 saturated carbocycles. The van der Waals surface area contributed by atoms with Gasteiger partial charge in [0, 0.05) is 7.05 Å². The molecular weight excluding hydrogens is 388 g/mol. The highest BCUT2D eigenvalue weighted by atomic mass is 16.6. The fraction of sp³-hybridized carbons (Fsp3) is 0.100. The van der Waals surface area contributed by atoms with Crippen molar-refractivity contribution in [3.63, 3.8) is 0 Å². The molecular formula is C20H16N6O4. The van der Waals surface area contributed by atoms with Gasteiger partial charge in [-0.3, -0.25) is 14.7 Å². The molecule has 2 heterocycles. The summed E-state index contributed by atoms with van der Waals surface area (Å²) in [5, 5.41) is 12.1. The van der Waals surface area contributed by atoms with Crippen LogP contribution in [0.25, 0.3) is 16.9 Å². The van der Waals surface area contributed by atoms with Crippen molar-refractivity contribution < 1.29 is 14.5 Å². The van der Waals surface area contributed by atoms with Crippen molar-refractivity contribution in [2.45, 2.75) is 0 Å². The van der Waals surface area contributed by atoms with Crippen molar-refractivity contribution in [3.8, 4) is 5.82 Å². The molecule has 0 aliphatic carbocycles. The van der Waals surface area contributed by atoms with E-state index in [4.69, 9.17) is 4.74 Å². The Morgan fingerprint density at radius 2 is 1.83 bits per heavy atom. The summed E-state index contributed by atoms with van der Waals surface area (Å²) in [7, 11) is 2.86. The van der Waals surface area contributed by atoms with Crippen LogP contribution in [0.3, 0.4) is 0 Å². The highest BCUT2D eigenvalue weighted by Gasteiger charge is 2.29. The number of rotatable bonds is 5. The standard InChI is InChI=1S/C20H16N6O4/c1-24(15-9-5-3-7-13(15)20(27)30-2)18-17(26(28)29)19(22-11-21-18)25-12-23-14-8-4-6-10-16(14)25/h3-12H,1-2H3. The summed E-state index contributed by atoms with van der Waals surface area (Å²) in [6.07, 6.45) is 2.72. The number of para-hydroxylation sites is 3. The van der Waals surface area contributed by atoms with Crippen molar-refractivity contribution in [1.29, 1.82) is 0 Å². The van der Waals surface area contributed by atoms with E-state index in [1.165, 1.54) is 24.7 Å². The average molecular weight is 404 g/mol. The molecule has 0 bridgehead atoms. The number of nitrogens with zero attached hydrogens (tertiary/aromatic N) is 6. The molecule has 0 aliphatic heterocycles. The smallest absolute Gasteiger partial charge is 0.354 e. The second kappa shape index (κ2) is 7.59. The van der Waals surface area contributed by atoms with Gasteiger partial charge in [0.2, 0.25) is 11.6 Å². The third-order valence-corrected chi connectivity index (χ3v) is 4.64. The molecule has 2 aromatic heterocycles. The fourth-order valence-corrected chi connectivity index (χ4v) is 3.24. The summed E-state index contributed by atoms with van der Waals surface area (Å²) in [6, 6.07) is 13.9. The zero-order valence-electron chi connectivity index (χ0n) is 16.1. The molecule has 0 radical (unpaired) electrons. The number of hydrogen-bond donors (Lipinski definition) is 0. The summed E-state index contributed by atoms with van der Waals surface area (Å²) >= 11 is 0. The zero-order valence-corrected chi connectivity index (χ0v) is 16.1. The summed E-state index contributed by atoms with van der Waals surface area (Å²) in [5.74, 6) is -0.463. The Labute approximate surface area is 170 Å². The van der Waals surface area contributed by atoms with Crippen LogP contribution in [-0.4, -0.2) is 44.6 Å². The van der Waals surface area contributed by atoms with Crippen LogP contribution >= 0.6 is 0 Å². The van der Waals surface area contributed by atoms with Crippen molar-refractivity contribution in [1.82, 2.24) is 19.5 Å². The molecule has 4 rings (SSSR count). The second-order valence-corrected chi connectivity index (χ2v) is 6.30. The van der Waals surface area contributed by atoms with Gasteiger partial charge >= 0.3 is 11.7 Å². The normalized spacial score (nSPS) is 10.7. The monoisotopic (exact) mass is 404 g/mol. The van der Waals surface area contributed by atoms with E-state index in [1.807, 2.05) is 12.1 Å². The Balaban J connectivity index is 1.92. The number of fused-ring (bicyclic) bond motifs is 1. The number of aromatic nitrogens is 4. The van der Waals surface area contributed by atoms with Crippen LogP contribution in [0.2, 0.25) is 0 Å². The minimum absolute atomic E-state index is 0.0270. The first-order valence-corrected chi connectivity index (χ1v) is 8.86. The van der Waals surface area contributed by atoms with Crippen LogP contribution in [0, 0.1) is 10.1 Å². The molecule has 4 aromatic rings. The van der Waals surface area contributed by atoms with E-state index in [1.54, 1.807) is 48.0 Å². The van der Waals surface area contributed by atoms with Gasteiger partial charge in [0.05, 0.1) is 34.3 Å². The number of methoxy groups -OCH3 is 1. The number of carbonyl (C=O) groups excluding carboxylic acids is 1. The SMILES string of the molecule is COC(=O)c1ccccc1N(C)c1ncnc(-n2cnc3ccccc32)c1[N+](=O)[O-]. The van der Waals surface area contributed by atoms with E-state index >= 15 is 0 Å². The average Bonchev–Trinajstić information content (AvgIpc) is 3.21. The number of carbonyl (C=O) groups is 1. The Hall–Kier alpha value is -4.34. The summed E-state index contributed by atoms with van der Waals surface area (Å²) in [6.45, 7) is 0. The lowest BCUT2D eigenvalue weighted by atomic mass is 10.1. The van der Waals surface area contributed by atoms with Crippen molar-refractivity contribution >= 4 is 34.2 Å². The van der Waals surface area contributed by atoms with E-state index in [-0.39, 0.29) is 22.9 Å². The number of hydrogen-bond acceptors (Lipinski definition) is 8. The first-order valence-electron chi connectivity index (χ1n) is 8.86. The predicted octanol–water partition coefficient (Wildman–Crippen LogP) is 3.28. The van der Waals surface area contributed by atoms with Crippen molar-refractivity contribution in [2.75, 3.05) is 19.1 Å². The minimum Gasteiger partial charge on any atom is -0.465 e. The van der Waals surface area contributed by atoms with Gasteiger partial charge in [-0.2, -0.15) is 0 Å². The number of ether oxygens (including phenoxy) is 1. The molecule has 0 N–H and O–H groups in total. The zero-order chi connectivity index (χ0) is 21.3. The van der Waals surface area contributed by atoms with Gasteiger partial charge in [-0.1, -0.05) is 24.3 Å². The molecule has 30 heavy (non-hydrogen) atoms. The van der Waals surface area contributed by atoms with Gasteiger partial charge in [0.15, 0.2) is 0 Å². The van der Waals surface area contributed by atoms with Gasteiger partial charge in [0.1, 0.15) is 12.7 Å². The molecule has 0 unspecified atom stereocenters. The molecule has 0 atom stereocenters. The lowest BCUT2D eigenvalue weighted by molar-refractivity contribution is -0.384. The maximum atomic E-state index is 12.2. The van der Waals surface area contributed by atoms with Gasteiger partial charge in [0.25, 0.3) is 0 Å². The molecule has 0 fully saturated rings. The highest BCUT2D eigenvalue weighted by Crippen LogP contribution is 2.36. The third-order valence-electron chi connectivity index (χ3n) is 4.64. The van der Waals surface area contributed by atoms with Gasteiger partial charge < -0.3 is 9.64 Å². The van der Waals surface area contributed by atoms with Crippen LogP contribution in [0.15, 0.2) is 61.2 Å². The predicted molar refractivity (Wildman–Crippen MR) is 109 cm³/mol. The number of esters is 1. The maximum Gasteiger partial charge on any atom is 0.354 e. The molecule has 0 saturated heterocycles. The van der Waals surface area contributed by atoms with Gasteiger partial charge in [-0.15, -0.1) is 0 Å². The number of imidazole rings is 1. The molecule has 0 spiro atoms. The molecule has 0 aliphatic rings. The minimum atomic E-state index is -0.560. The van der Waals surface area contributed by atoms with Crippen LogP contribution in [0.5, 0.6) is 0 Å². The van der Waals surface area contributed by atoms with Crippen molar-refractivity contribution in [2.24, 2.45) is 0 Å². The summed E-state index contributed by atoms with van der Waals surface area (Å²) in [4.78, 5) is 37.7. The number of benzene rings is 2. The van der Waals surface area contributed by atoms with Crippen molar-refractivity contribution in [3.05, 3.63) is 76.9 Å². The van der Waals surface area contributed by atoms with E-state index in [9.17, 15) is 14.9 Å². The Bertz CT molecular complexity index is 1270. The van der Waals surface area contributed by atoms with E-state index in [0.717, 1.165) is 0 Å². The first-order chi connectivity index (χ1) is 14.5. The lowest BCUT2D eigenvalue weighted by Crippen LogP contribution is -2.18. The number of nitro groups is 1. The van der Waals surface area contributed by atoms with Gasteiger partial charge in [-0.05, 0) is 24.3 Å². The van der Waals surface area contributed by atoms with Crippen LogP contribution in [-0.2, 0) is 4.74 Å². The van der Waals surface area contributed by atoms with E-state index in [2.05, 4.69) is 15.0 Å². The molecule has 0 amide bonds. The first kappa shape index (κ1) is 19.0. The van der Waals surface area contributed by atoms with E-state index in [0.29, 0.717) is 16.7 Å². The Morgan fingerprint density at radius 1 is 1.10 bits per heavy atom. The molecule has 10 nitrogen and oxygen atoms in total. The molecule has 10 heteroatoms. The summed E-state index contributed by atoms with van der Waals surface area (Å²) in [5.41, 5.74) is 1.69. The Kier molecular flexibility index (Phi) is 4.80. The van der Waals surface area contributed by atoms with Crippen LogP contribution in [0.4, 0.5) is 17.2 Å². The van der Waals surface area contributed by atoms with Crippen LogP contribution in [0.1, 0.15) is 10.4 Å². The maximum absolute atomic E-state index is 12.2. The third kappa shape index (κ3) is 3.09. The van der Waals surface area contributed by atoms with Gasteiger partial charge in [-0.25, -0.2) is 19.7 Å². The second-order valence-electron chi connectivity index (χ2n) is 6.30. The number of anilines is 2. The van der Waals surface area contributed by atoms with Crippen LogP contribution < -0.4 is 4.90 Å².